The Morgan fingerprint density at radius 2 is 2.03 bits per heavy atom. The van der Waals surface area contributed by atoms with Crippen LogP contribution in [0, 0.1) is 6.92 Å². The lowest BCUT2D eigenvalue weighted by molar-refractivity contribution is -0.113. The number of hydrogen-bond acceptors (Lipinski definition) is 7. The van der Waals surface area contributed by atoms with Gasteiger partial charge < -0.3 is 19.5 Å². The van der Waals surface area contributed by atoms with Gasteiger partial charge in [0.2, 0.25) is 11.1 Å². The van der Waals surface area contributed by atoms with Crippen molar-refractivity contribution in [1.82, 2.24) is 15.2 Å². The number of benzene rings is 2. The number of aryl methyl sites for hydroxylation is 1. The summed E-state index contributed by atoms with van der Waals surface area (Å²) in [4.78, 5) is 16.6. The van der Waals surface area contributed by atoms with Crippen LogP contribution in [-0.2, 0) is 11.4 Å². The number of rotatable bonds is 7. The van der Waals surface area contributed by atoms with Crippen molar-refractivity contribution < 1.29 is 19.0 Å². The SMILES string of the molecule is Cc1ccccc1OCc1nc(SCC(=O)Nc2ccc3c(c2)OCCO3)n[nH]1. The molecule has 0 atom stereocenters. The number of amides is 1. The first-order chi connectivity index (χ1) is 14.2. The molecule has 2 N–H and O–H groups in total. The van der Waals surface area contributed by atoms with Crippen molar-refractivity contribution in [3.63, 3.8) is 0 Å². The molecular weight excluding hydrogens is 392 g/mol. The van der Waals surface area contributed by atoms with Crippen LogP contribution in [-0.4, -0.2) is 40.1 Å². The molecule has 150 valence electrons. The first kappa shape index (κ1) is 19.1. The van der Waals surface area contributed by atoms with E-state index in [1.807, 2.05) is 31.2 Å². The number of thioether (sulfide) groups is 1. The third-order valence-electron chi connectivity index (χ3n) is 4.13. The summed E-state index contributed by atoms with van der Waals surface area (Å²) in [5.41, 5.74) is 1.71. The molecule has 3 aromatic rings. The molecule has 1 amide bonds. The molecule has 1 aliphatic heterocycles. The maximum absolute atomic E-state index is 12.2. The Morgan fingerprint density at radius 3 is 2.90 bits per heavy atom. The largest absolute Gasteiger partial charge is 0.486 e. The zero-order chi connectivity index (χ0) is 20.1. The fraction of sp³-hybridized carbons (Fsp3) is 0.250. The number of hydrogen-bond donors (Lipinski definition) is 2. The maximum Gasteiger partial charge on any atom is 0.234 e. The van der Waals surface area contributed by atoms with Crippen LogP contribution in [0.3, 0.4) is 0 Å². The summed E-state index contributed by atoms with van der Waals surface area (Å²) >= 11 is 1.25. The predicted molar refractivity (Wildman–Crippen MR) is 109 cm³/mol. The van der Waals surface area contributed by atoms with Gasteiger partial charge in [-0.15, -0.1) is 5.10 Å². The monoisotopic (exact) mass is 412 g/mol. The van der Waals surface area contributed by atoms with Crippen LogP contribution < -0.4 is 19.5 Å². The highest BCUT2D eigenvalue weighted by Crippen LogP contribution is 2.32. The molecular formula is C20H20N4O4S. The number of nitrogens with one attached hydrogen (secondary N) is 2. The smallest absolute Gasteiger partial charge is 0.234 e. The van der Waals surface area contributed by atoms with Crippen molar-refractivity contribution in [2.75, 3.05) is 24.3 Å². The highest BCUT2D eigenvalue weighted by molar-refractivity contribution is 7.99. The lowest BCUT2D eigenvalue weighted by Crippen LogP contribution is -2.17. The quantitative estimate of drug-likeness (QED) is 0.575. The molecule has 0 unspecified atom stereocenters. The highest BCUT2D eigenvalue weighted by Gasteiger charge is 2.13. The number of carbonyl (C=O) groups is 1. The molecule has 2 heterocycles. The van der Waals surface area contributed by atoms with Crippen molar-refractivity contribution in [2.24, 2.45) is 0 Å². The summed E-state index contributed by atoms with van der Waals surface area (Å²) in [7, 11) is 0. The van der Waals surface area contributed by atoms with E-state index in [4.69, 9.17) is 14.2 Å². The summed E-state index contributed by atoms with van der Waals surface area (Å²) in [5.74, 6) is 2.75. The average molecular weight is 412 g/mol. The Bertz CT molecular complexity index is 1010. The van der Waals surface area contributed by atoms with Gasteiger partial charge in [0.15, 0.2) is 17.3 Å². The van der Waals surface area contributed by atoms with E-state index in [0.29, 0.717) is 41.4 Å². The molecule has 1 aliphatic rings. The van der Waals surface area contributed by atoms with Crippen LogP contribution in [0.5, 0.6) is 17.2 Å². The molecule has 0 aliphatic carbocycles. The number of H-pyrrole nitrogens is 1. The van der Waals surface area contributed by atoms with Crippen molar-refractivity contribution >= 4 is 23.4 Å². The van der Waals surface area contributed by atoms with E-state index < -0.39 is 0 Å². The second-order valence-corrected chi connectivity index (χ2v) is 7.26. The van der Waals surface area contributed by atoms with Gasteiger partial charge in [0.1, 0.15) is 25.6 Å². The topological polar surface area (TPSA) is 98.4 Å². The Balaban J connectivity index is 1.26. The third kappa shape index (κ3) is 5.00. The highest BCUT2D eigenvalue weighted by atomic mass is 32.2. The summed E-state index contributed by atoms with van der Waals surface area (Å²) in [5, 5.41) is 10.3. The number of nitrogens with zero attached hydrogens (tertiary/aromatic N) is 2. The van der Waals surface area contributed by atoms with Crippen LogP contribution in [0.25, 0.3) is 0 Å². The number of ether oxygens (including phenoxy) is 3. The predicted octanol–water partition coefficient (Wildman–Crippen LogP) is 3.19. The van der Waals surface area contributed by atoms with E-state index in [9.17, 15) is 4.79 Å². The van der Waals surface area contributed by atoms with Crippen molar-refractivity contribution in [2.45, 2.75) is 18.7 Å². The van der Waals surface area contributed by atoms with Crippen molar-refractivity contribution in [1.29, 1.82) is 0 Å². The molecule has 0 radical (unpaired) electrons. The van der Waals surface area contributed by atoms with E-state index >= 15 is 0 Å². The number of para-hydroxylation sites is 1. The number of fused-ring (bicyclic) bond motifs is 1. The summed E-state index contributed by atoms with van der Waals surface area (Å²) in [6.45, 7) is 3.30. The van der Waals surface area contributed by atoms with E-state index in [1.165, 1.54) is 11.8 Å². The Morgan fingerprint density at radius 1 is 1.21 bits per heavy atom. The van der Waals surface area contributed by atoms with Crippen LogP contribution >= 0.6 is 11.8 Å². The second kappa shape index (κ2) is 8.87. The van der Waals surface area contributed by atoms with Gasteiger partial charge in [-0.25, -0.2) is 4.98 Å². The molecule has 8 nitrogen and oxygen atoms in total. The fourth-order valence-electron chi connectivity index (χ4n) is 2.72. The van der Waals surface area contributed by atoms with E-state index in [1.54, 1.807) is 18.2 Å². The number of anilines is 1. The summed E-state index contributed by atoms with van der Waals surface area (Å²) in [6, 6.07) is 13.1. The molecule has 0 bridgehead atoms. The van der Waals surface area contributed by atoms with E-state index in [2.05, 4.69) is 20.5 Å². The summed E-state index contributed by atoms with van der Waals surface area (Å²) < 4.78 is 16.7. The number of aromatic amines is 1. The van der Waals surface area contributed by atoms with Gasteiger partial charge in [-0.05, 0) is 30.7 Å². The number of carbonyl (C=O) groups excluding carboxylic acids is 1. The molecule has 1 aromatic heterocycles. The van der Waals surface area contributed by atoms with Crippen molar-refractivity contribution in [3.8, 4) is 17.2 Å². The fourth-order valence-corrected chi connectivity index (χ4v) is 3.34. The van der Waals surface area contributed by atoms with Crippen LogP contribution in [0.2, 0.25) is 0 Å². The van der Waals surface area contributed by atoms with Gasteiger partial charge in [0.05, 0.1) is 5.75 Å². The van der Waals surface area contributed by atoms with Crippen LogP contribution in [0.4, 0.5) is 5.69 Å². The Hall–Kier alpha value is -3.20. The minimum atomic E-state index is -0.158. The van der Waals surface area contributed by atoms with E-state index in [0.717, 1.165) is 11.3 Å². The van der Waals surface area contributed by atoms with Crippen molar-refractivity contribution in [3.05, 3.63) is 53.9 Å². The van der Waals surface area contributed by atoms with Gasteiger partial charge in [-0.1, -0.05) is 30.0 Å². The van der Waals surface area contributed by atoms with Crippen LogP contribution in [0.15, 0.2) is 47.6 Å². The second-order valence-electron chi connectivity index (χ2n) is 6.31. The zero-order valence-corrected chi connectivity index (χ0v) is 16.6. The molecule has 2 aromatic carbocycles. The molecule has 0 saturated heterocycles. The van der Waals surface area contributed by atoms with Gasteiger partial charge in [-0.2, -0.15) is 0 Å². The Labute approximate surface area is 172 Å². The molecule has 29 heavy (non-hydrogen) atoms. The molecule has 9 heteroatoms. The lowest BCUT2D eigenvalue weighted by Gasteiger charge is -2.18. The minimum absolute atomic E-state index is 0.158. The van der Waals surface area contributed by atoms with Gasteiger partial charge >= 0.3 is 0 Å². The molecule has 4 rings (SSSR count). The minimum Gasteiger partial charge on any atom is -0.486 e. The number of aromatic nitrogens is 3. The van der Waals surface area contributed by atoms with Crippen LogP contribution in [0.1, 0.15) is 11.4 Å². The molecule has 0 fully saturated rings. The average Bonchev–Trinajstić information content (AvgIpc) is 3.19. The van der Waals surface area contributed by atoms with Gasteiger partial charge in [-0.3, -0.25) is 9.89 Å². The molecule has 0 spiro atoms. The Kier molecular flexibility index (Phi) is 5.85. The zero-order valence-electron chi connectivity index (χ0n) is 15.8. The first-order valence-electron chi connectivity index (χ1n) is 9.09. The summed E-state index contributed by atoms with van der Waals surface area (Å²) in [6.07, 6.45) is 0. The lowest BCUT2D eigenvalue weighted by atomic mass is 10.2. The third-order valence-corrected chi connectivity index (χ3v) is 4.97. The van der Waals surface area contributed by atoms with Gasteiger partial charge in [0, 0.05) is 11.8 Å². The standard InChI is InChI=1S/C20H20N4O4S/c1-13-4-2-3-5-15(13)28-11-18-22-20(24-23-18)29-12-19(25)21-14-6-7-16-17(10-14)27-9-8-26-16/h2-7,10H,8-9,11-12H2,1H3,(H,21,25)(H,22,23,24). The van der Waals surface area contributed by atoms with E-state index in [-0.39, 0.29) is 18.3 Å². The maximum atomic E-state index is 12.2. The molecule has 0 saturated carbocycles. The first-order valence-corrected chi connectivity index (χ1v) is 10.1. The normalized spacial score (nSPS) is 12.4. The van der Waals surface area contributed by atoms with Gasteiger partial charge in [0.25, 0.3) is 0 Å².